The minimum absolute atomic E-state index is 0.0205. The summed E-state index contributed by atoms with van der Waals surface area (Å²) in [6.45, 7) is 2.23. The molecule has 22 heavy (non-hydrogen) atoms. The summed E-state index contributed by atoms with van der Waals surface area (Å²) in [4.78, 5) is 15.8. The molecule has 2 N–H and O–H groups in total. The number of hydrogen-bond donors (Lipinski definition) is 2. The van der Waals surface area contributed by atoms with Crippen molar-refractivity contribution >= 4 is 27.5 Å². The molecule has 0 spiro atoms. The number of ether oxygens (including phenoxy) is 2. The number of carbonyl (C=O) groups excluding carboxylic acids is 1. The van der Waals surface area contributed by atoms with E-state index < -0.39 is 0 Å². The summed E-state index contributed by atoms with van der Waals surface area (Å²) < 4.78 is 10.3. The van der Waals surface area contributed by atoms with Crippen molar-refractivity contribution < 1.29 is 19.4 Å². The quantitative estimate of drug-likeness (QED) is 0.412. The maximum absolute atomic E-state index is 11.6. The van der Waals surface area contributed by atoms with Crippen molar-refractivity contribution in [2.75, 3.05) is 45.3 Å². The second-order valence-corrected chi connectivity index (χ2v) is 6.56. The van der Waals surface area contributed by atoms with E-state index in [1.807, 2.05) is 18.2 Å². The second-order valence-electron chi connectivity index (χ2n) is 4.12. The van der Waals surface area contributed by atoms with Crippen LogP contribution in [-0.2, 0) is 14.3 Å². The number of aliphatic hydroxyl groups excluding tert-OH is 1. The maximum Gasteiger partial charge on any atom is 0.220 e. The van der Waals surface area contributed by atoms with Gasteiger partial charge in [0, 0.05) is 24.9 Å². The molecule has 1 rings (SSSR count). The average molecular weight is 346 g/mol. The Kier molecular flexibility index (Phi) is 12.1. The van der Waals surface area contributed by atoms with Gasteiger partial charge in [-0.15, -0.1) is 0 Å². The summed E-state index contributed by atoms with van der Waals surface area (Å²) in [5, 5.41) is 12.3. The molecule has 0 aromatic carbocycles. The molecule has 8 heteroatoms. The lowest BCUT2D eigenvalue weighted by Crippen LogP contribution is -2.27. The Morgan fingerprint density at radius 2 is 2.05 bits per heavy atom. The topological polar surface area (TPSA) is 80.7 Å². The van der Waals surface area contributed by atoms with E-state index in [0.29, 0.717) is 39.4 Å². The number of nitrogens with zero attached hydrogens (tertiary/aromatic N) is 1. The molecule has 1 aromatic heterocycles. The van der Waals surface area contributed by atoms with Gasteiger partial charge < -0.3 is 19.9 Å². The highest BCUT2D eigenvalue weighted by molar-refractivity contribution is 8.76. The van der Waals surface area contributed by atoms with Gasteiger partial charge >= 0.3 is 0 Å². The molecule has 1 heterocycles. The van der Waals surface area contributed by atoms with E-state index in [9.17, 15) is 4.79 Å². The van der Waals surface area contributed by atoms with Crippen molar-refractivity contribution in [3.8, 4) is 0 Å². The smallest absolute Gasteiger partial charge is 0.220 e. The van der Waals surface area contributed by atoms with Crippen LogP contribution in [0.2, 0.25) is 0 Å². The number of rotatable bonds is 13. The summed E-state index contributed by atoms with van der Waals surface area (Å²) >= 11 is 0. The highest BCUT2D eigenvalue weighted by Gasteiger charge is 2.02. The zero-order valence-electron chi connectivity index (χ0n) is 12.4. The lowest BCUT2D eigenvalue weighted by molar-refractivity contribution is -0.120. The average Bonchev–Trinajstić information content (AvgIpc) is 2.55. The largest absolute Gasteiger partial charge is 0.394 e. The highest BCUT2D eigenvalue weighted by Crippen LogP contribution is 2.29. The minimum Gasteiger partial charge on any atom is -0.394 e. The zero-order chi connectivity index (χ0) is 15.9. The second kappa shape index (κ2) is 13.8. The Morgan fingerprint density at radius 1 is 1.23 bits per heavy atom. The number of aromatic nitrogens is 1. The number of nitrogens with one attached hydrogen (secondary N) is 1. The van der Waals surface area contributed by atoms with E-state index in [2.05, 4.69) is 10.3 Å². The molecule has 0 aliphatic rings. The fourth-order valence-corrected chi connectivity index (χ4v) is 3.24. The van der Waals surface area contributed by atoms with Gasteiger partial charge in [-0.05, 0) is 22.9 Å². The van der Waals surface area contributed by atoms with E-state index in [-0.39, 0.29) is 12.5 Å². The SMILES string of the molecule is O=C(CCSSc1ccccn1)NCCOCCOCCO. The van der Waals surface area contributed by atoms with Gasteiger partial charge in [-0.25, -0.2) is 4.98 Å². The predicted molar refractivity (Wildman–Crippen MR) is 88.9 cm³/mol. The van der Waals surface area contributed by atoms with E-state index in [1.165, 1.54) is 0 Å². The molecule has 1 aromatic rings. The first-order valence-electron chi connectivity index (χ1n) is 7.06. The van der Waals surface area contributed by atoms with Crippen LogP contribution in [0.4, 0.5) is 0 Å². The number of aliphatic hydroxyl groups is 1. The summed E-state index contributed by atoms with van der Waals surface area (Å²) in [6.07, 6.45) is 2.23. The summed E-state index contributed by atoms with van der Waals surface area (Å²) in [7, 11) is 3.19. The van der Waals surface area contributed by atoms with Gasteiger partial charge in [0.1, 0.15) is 5.03 Å². The minimum atomic E-state index is 0.0205. The predicted octanol–water partition coefficient (Wildman–Crippen LogP) is 1.35. The molecule has 124 valence electrons. The maximum atomic E-state index is 11.6. The Balaban J connectivity index is 1.87. The third-order valence-corrected chi connectivity index (χ3v) is 4.64. The van der Waals surface area contributed by atoms with Gasteiger partial charge in [-0.1, -0.05) is 16.9 Å². The summed E-state index contributed by atoms with van der Waals surface area (Å²) in [6, 6.07) is 5.76. The highest BCUT2D eigenvalue weighted by atomic mass is 33.1. The van der Waals surface area contributed by atoms with Gasteiger partial charge in [0.15, 0.2) is 0 Å². The van der Waals surface area contributed by atoms with Crippen LogP contribution >= 0.6 is 21.6 Å². The molecule has 0 radical (unpaired) electrons. The van der Waals surface area contributed by atoms with Crippen LogP contribution in [0.25, 0.3) is 0 Å². The fraction of sp³-hybridized carbons (Fsp3) is 0.571. The Bertz CT molecular complexity index is 396. The zero-order valence-corrected chi connectivity index (χ0v) is 14.0. The van der Waals surface area contributed by atoms with Crippen LogP contribution in [0.15, 0.2) is 29.4 Å². The third kappa shape index (κ3) is 10.9. The first-order valence-corrected chi connectivity index (χ1v) is 9.38. The Labute approximate surface area is 138 Å². The Morgan fingerprint density at radius 3 is 2.77 bits per heavy atom. The molecule has 6 nitrogen and oxygen atoms in total. The fourth-order valence-electron chi connectivity index (χ4n) is 1.37. The number of amides is 1. The van der Waals surface area contributed by atoms with Crippen molar-refractivity contribution in [1.82, 2.24) is 10.3 Å². The van der Waals surface area contributed by atoms with Gasteiger partial charge in [0.2, 0.25) is 5.91 Å². The van der Waals surface area contributed by atoms with Gasteiger partial charge in [-0.3, -0.25) is 4.79 Å². The molecule has 0 saturated carbocycles. The number of carbonyl (C=O) groups is 1. The standard InChI is InChI=1S/C14H22N2O4S2/c17-7-9-20-11-10-19-8-6-15-13(18)4-12-21-22-14-3-1-2-5-16-14/h1-3,5,17H,4,6-12H2,(H,15,18). The lowest BCUT2D eigenvalue weighted by Gasteiger charge is -2.06. The van der Waals surface area contributed by atoms with Crippen molar-refractivity contribution in [3.63, 3.8) is 0 Å². The molecular formula is C14H22N2O4S2. The van der Waals surface area contributed by atoms with Crippen LogP contribution in [-0.4, -0.2) is 61.3 Å². The van der Waals surface area contributed by atoms with E-state index in [0.717, 1.165) is 10.8 Å². The van der Waals surface area contributed by atoms with Gasteiger partial charge in [0.25, 0.3) is 0 Å². The van der Waals surface area contributed by atoms with Crippen LogP contribution in [0, 0.1) is 0 Å². The van der Waals surface area contributed by atoms with Gasteiger partial charge in [-0.2, -0.15) is 0 Å². The number of hydrogen-bond acceptors (Lipinski definition) is 7. The first-order chi connectivity index (χ1) is 10.8. The van der Waals surface area contributed by atoms with Crippen molar-refractivity contribution in [2.24, 2.45) is 0 Å². The summed E-state index contributed by atoms with van der Waals surface area (Å²) in [5.41, 5.74) is 0. The molecular weight excluding hydrogens is 324 g/mol. The first kappa shape index (κ1) is 19.2. The van der Waals surface area contributed by atoms with Crippen LogP contribution in [0.3, 0.4) is 0 Å². The van der Waals surface area contributed by atoms with Crippen molar-refractivity contribution in [3.05, 3.63) is 24.4 Å². The molecule has 0 fully saturated rings. The molecule has 0 saturated heterocycles. The lowest BCUT2D eigenvalue weighted by atomic mass is 10.4. The molecule has 1 amide bonds. The van der Waals surface area contributed by atoms with Crippen LogP contribution < -0.4 is 5.32 Å². The Hall–Kier alpha value is -0.800. The molecule has 0 unspecified atom stereocenters. The van der Waals surface area contributed by atoms with E-state index >= 15 is 0 Å². The van der Waals surface area contributed by atoms with Crippen LogP contribution in [0.5, 0.6) is 0 Å². The normalized spacial score (nSPS) is 10.6. The molecule has 0 bridgehead atoms. The van der Waals surface area contributed by atoms with E-state index in [4.69, 9.17) is 14.6 Å². The monoisotopic (exact) mass is 346 g/mol. The molecule has 0 aliphatic carbocycles. The van der Waals surface area contributed by atoms with Crippen molar-refractivity contribution in [2.45, 2.75) is 11.4 Å². The van der Waals surface area contributed by atoms with Crippen molar-refractivity contribution in [1.29, 1.82) is 0 Å². The molecule has 0 aliphatic heterocycles. The third-order valence-electron chi connectivity index (χ3n) is 2.37. The summed E-state index contributed by atoms with van der Waals surface area (Å²) in [5.74, 6) is 0.761. The van der Waals surface area contributed by atoms with Crippen LogP contribution in [0.1, 0.15) is 6.42 Å². The van der Waals surface area contributed by atoms with E-state index in [1.54, 1.807) is 27.8 Å². The number of pyridine rings is 1. The van der Waals surface area contributed by atoms with Gasteiger partial charge in [0.05, 0.1) is 33.0 Å². The molecule has 0 atom stereocenters.